The molecule has 0 spiro atoms. The zero-order chi connectivity index (χ0) is 8.67. The van der Waals surface area contributed by atoms with Crippen molar-refractivity contribution in [3.63, 3.8) is 0 Å². The Labute approximate surface area is 78.8 Å². The van der Waals surface area contributed by atoms with Gasteiger partial charge in [0, 0.05) is 12.6 Å². The Morgan fingerprint density at radius 3 is 2.54 bits per heavy atom. The van der Waals surface area contributed by atoms with Gasteiger partial charge in [-0.05, 0) is 25.2 Å². The van der Waals surface area contributed by atoms with Crippen LogP contribution < -0.4 is 5.32 Å². The van der Waals surface area contributed by atoms with Crippen LogP contribution in [0.1, 0.15) is 19.3 Å². The molecule has 2 saturated heterocycles. The van der Waals surface area contributed by atoms with E-state index in [-0.39, 0.29) is 0 Å². The van der Waals surface area contributed by atoms with Crippen molar-refractivity contribution in [1.29, 1.82) is 0 Å². The molecule has 13 heavy (non-hydrogen) atoms. The van der Waals surface area contributed by atoms with Crippen molar-refractivity contribution in [3.8, 4) is 0 Å². The first kappa shape index (κ1) is 8.21. The molecule has 3 fully saturated rings. The average Bonchev–Trinajstić information content (AvgIpc) is 2.79. The van der Waals surface area contributed by atoms with E-state index in [1.165, 1.54) is 19.3 Å². The van der Waals surface area contributed by atoms with Crippen LogP contribution in [0.5, 0.6) is 0 Å². The Kier molecular flexibility index (Phi) is 2.04. The highest BCUT2D eigenvalue weighted by molar-refractivity contribution is 4.95. The second kappa shape index (κ2) is 3.23. The molecule has 0 aromatic rings. The molecule has 3 nitrogen and oxygen atoms in total. The van der Waals surface area contributed by atoms with Crippen LogP contribution in [0.25, 0.3) is 0 Å². The standard InChI is InChI=1S/C10H17NO2/c1-2-7(1)10-9(3-4-13-10)11-8-5-12-6-8/h7-11H,1-6H2. The molecule has 2 atom stereocenters. The highest BCUT2D eigenvalue weighted by Gasteiger charge is 2.41. The first-order valence-electron chi connectivity index (χ1n) is 5.39. The van der Waals surface area contributed by atoms with Gasteiger partial charge in [0.05, 0.1) is 25.4 Å². The summed E-state index contributed by atoms with van der Waals surface area (Å²) in [6.07, 6.45) is 4.46. The first-order chi connectivity index (χ1) is 6.43. The van der Waals surface area contributed by atoms with Crippen LogP contribution in [0.4, 0.5) is 0 Å². The summed E-state index contributed by atoms with van der Waals surface area (Å²) in [5.74, 6) is 0.862. The van der Waals surface area contributed by atoms with Crippen molar-refractivity contribution >= 4 is 0 Å². The smallest absolute Gasteiger partial charge is 0.0757 e. The van der Waals surface area contributed by atoms with Crippen molar-refractivity contribution in [2.24, 2.45) is 5.92 Å². The Morgan fingerprint density at radius 2 is 1.92 bits per heavy atom. The van der Waals surface area contributed by atoms with Gasteiger partial charge >= 0.3 is 0 Å². The van der Waals surface area contributed by atoms with Gasteiger partial charge in [-0.2, -0.15) is 0 Å². The molecule has 1 saturated carbocycles. The lowest BCUT2D eigenvalue weighted by atomic mass is 10.0. The van der Waals surface area contributed by atoms with Crippen molar-refractivity contribution in [2.75, 3.05) is 19.8 Å². The Hall–Kier alpha value is -0.120. The van der Waals surface area contributed by atoms with Crippen LogP contribution in [-0.4, -0.2) is 38.0 Å². The van der Waals surface area contributed by atoms with Crippen LogP contribution in [0.15, 0.2) is 0 Å². The van der Waals surface area contributed by atoms with Gasteiger partial charge in [0.1, 0.15) is 0 Å². The SMILES string of the molecule is C1CC(NC2COC2)C(C2CC2)O1. The van der Waals surface area contributed by atoms with E-state index in [0.29, 0.717) is 18.2 Å². The Bertz CT molecular complexity index is 189. The minimum atomic E-state index is 0.514. The van der Waals surface area contributed by atoms with Crippen LogP contribution >= 0.6 is 0 Å². The molecule has 2 aliphatic heterocycles. The quantitative estimate of drug-likeness (QED) is 0.693. The van der Waals surface area contributed by atoms with E-state index in [1.54, 1.807) is 0 Å². The summed E-state index contributed by atoms with van der Waals surface area (Å²) < 4.78 is 10.9. The van der Waals surface area contributed by atoms with Gasteiger partial charge in [-0.3, -0.25) is 0 Å². The number of hydrogen-bond donors (Lipinski definition) is 1. The van der Waals surface area contributed by atoms with Crippen molar-refractivity contribution < 1.29 is 9.47 Å². The van der Waals surface area contributed by atoms with Gasteiger partial charge in [0.2, 0.25) is 0 Å². The summed E-state index contributed by atoms with van der Waals surface area (Å²) in [6, 6.07) is 1.22. The minimum Gasteiger partial charge on any atom is -0.378 e. The van der Waals surface area contributed by atoms with E-state index in [9.17, 15) is 0 Å². The van der Waals surface area contributed by atoms with Crippen molar-refractivity contribution in [1.82, 2.24) is 5.32 Å². The van der Waals surface area contributed by atoms with E-state index in [1.807, 2.05) is 0 Å². The minimum absolute atomic E-state index is 0.514. The molecule has 3 aliphatic rings. The van der Waals surface area contributed by atoms with Crippen LogP contribution in [0.2, 0.25) is 0 Å². The molecule has 0 radical (unpaired) electrons. The monoisotopic (exact) mass is 183 g/mol. The fourth-order valence-corrected chi connectivity index (χ4v) is 2.31. The predicted molar refractivity (Wildman–Crippen MR) is 48.6 cm³/mol. The van der Waals surface area contributed by atoms with E-state index in [2.05, 4.69) is 5.32 Å². The fraction of sp³-hybridized carbons (Fsp3) is 1.00. The lowest BCUT2D eigenvalue weighted by Gasteiger charge is -2.31. The molecule has 1 aliphatic carbocycles. The maximum atomic E-state index is 5.76. The molecule has 0 amide bonds. The molecular formula is C10H17NO2. The third-order valence-electron chi connectivity index (χ3n) is 3.31. The molecule has 3 rings (SSSR count). The molecule has 0 bridgehead atoms. The summed E-state index contributed by atoms with van der Waals surface area (Å²) >= 11 is 0. The molecule has 74 valence electrons. The highest BCUT2D eigenvalue weighted by atomic mass is 16.5. The second-order valence-electron chi connectivity index (χ2n) is 4.47. The second-order valence-corrected chi connectivity index (χ2v) is 4.47. The normalized spacial score (nSPS) is 40.6. The van der Waals surface area contributed by atoms with Crippen LogP contribution in [0.3, 0.4) is 0 Å². The first-order valence-corrected chi connectivity index (χ1v) is 5.39. The van der Waals surface area contributed by atoms with Gasteiger partial charge in [-0.1, -0.05) is 0 Å². The summed E-state index contributed by atoms with van der Waals surface area (Å²) in [4.78, 5) is 0. The van der Waals surface area contributed by atoms with E-state index in [0.717, 1.165) is 25.7 Å². The third-order valence-corrected chi connectivity index (χ3v) is 3.31. The zero-order valence-corrected chi connectivity index (χ0v) is 7.87. The summed E-state index contributed by atoms with van der Waals surface area (Å²) in [6.45, 7) is 2.74. The van der Waals surface area contributed by atoms with E-state index in [4.69, 9.17) is 9.47 Å². The van der Waals surface area contributed by atoms with Crippen molar-refractivity contribution in [3.05, 3.63) is 0 Å². The van der Waals surface area contributed by atoms with Gasteiger partial charge < -0.3 is 14.8 Å². The molecule has 2 unspecified atom stereocenters. The maximum absolute atomic E-state index is 5.76. The Morgan fingerprint density at radius 1 is 1.08 bits per heavy atom. The molecular weight excluding hydrogens is 166 g/mol. The zero-order valence-electron chi connectivity index (χ0n) is 7.87. The highest BCUT2D eigenvalue weighted by Crippen LogP contribution is 2.38. The summed E-state index contributed by atoms with van der Waals surface area (Å²) in [5.41, 5.74) is 0. The van der Waals surface area contributed by atoms with Crippen LogP contribution in [0, 0.1) is 5.92 Å². The lowest BCUT2D eigenvalue weighted by molar-refractivity contribution is -0.0168. The van der Waals surface area contributed by atoms with Gasteiger partial charge in [-0.25, -0.2) is 0 Å². The van der Waals surface area contributed by atoms with Gasteiger partial charge in [0.15, 0.2) is 0 Å². The maximum Gasteiger partial charge on any atom is 0.0757 e. The molecule has 0 aromatic carbocycles. The molecule has 2 heterocycles. The molecule has 0 aromatic heterocycles. The van der Waals surface area contributed by atoms with Gasteiger partial charge in [0.25, 0.3) is 0 Å². The number of rotatable bonds is 3. The summed E-state index contributed by atoms with van der Waals surface area (Å²) in [7, 11) is 0. The number of nitrogens with one attached hydrogen (secondary N) is 1. The predicted octanol–water partition coefficient (Wildman–Crippen LogP) is 0.542. The fourth-order valence-electron chi connectivity index (χ4n) is 2.31. The van der Waals surface area contributed by atoms with Crippen molar-refractivity contribution in [2.45, 2.75) is 37.5 Å². The molecule has 1 N–H and O–H groups in total. The Balaban J connectivity index is 1.54. The number of hydrogen-bond acceptors (Lipinski definition) is 3. The largest absolute Gasteiger partial charge is 0.378 e. The van der Waals surface area contributed by atoms with E-state index >= 15 is 0 Å². The van der Waals surface area contributed by atoms with Crippen LogP contribution in [-0.2, 0) is 9.47 Å². The van der Waals surface area contributed by atoms with Gasteiger partial charge in [-0.15, -0.1) is 0 Å². The third kappa shape index (κ3) is 1.60. The number of ether oxygens (including phenoxy) is 2. The average molecular weight is 183 g/mol. The van der Waals surface area contributed by atoms with E-state index < -0.39 is 0 Å². The molecule has 3 heteroatoms. The topological polar surface area (TPSA) is 30.5 Å². The lowest BCUT2D eigenvalue weighted by Crippen LogP contribution is -2.52. The summed E-state index contributed by atoms with van der Waals surface area (Å²) in [5, 5.41) is 3.64.